The van der Waals surface area contributed by atoms with Crippen LogP contribution in [0.5, 0.6) is 5.75 Å². The monoisotopic (exact) mass is 607 g/mol. The second-order valence-electron chi connectivity index (χ2n) is 10.1. The molecule has 4 aromatic rings. The van der Waals surface area contributed by atoms with Crippen LogP contribution in [0.15, 0.2) is 71.3 Å². The van der Waals surface area contributed by atoms with Crippen molar-refractivity contribution in [2.75, 3.05) is 4.90 Å². The number of halogens is 2. The lowest BCUT2D eigenvalue weighted by atomic mass is 9.76. The first kappa shape index (κ1) is 25.6. The van der Waals surface area contributed by atoms with Crippen molar-refractivity contribution < 1.29 is 24.6 Å². The Morgan fingerprint density at radius 3 is 2.62 bits per heavy atom. The van der Waals surface area contributed by atoms with Crippen molar-refractivity contribution in [3.63, 3.8) is 0 Å². The molecule has 8 nitrogen and oxygen atoms in total. The van der Waals surface area contributed by atoms with E-state index in [4.69, 9.17) is 11.6 Å². The number of anilines is 1. The molecule has 198 valence electrons. The predicted octanol–water partition coefficient (Wildman–Crippen LogP) is 5.11. The Kier molecular flexibility index (Phi) is 6.05. The van der Waals surface area contributed by atoms with Crippen molar-refractivity contribution in [3.05, 3.63) is 93.0 Å². The maximum atomic E-state index is 14.1. The number of carboxylic acids is 1. The Morgan fingerprint density at radius 1 is 1.10 bits per heavy atom. The molecule has 2 amide bonds. The van der Waals surface area contributed by atoms with Crippen LogP contribution in [-0.2, 0) is 20.8 Å². The first-order chi connectivity index (χ1) is 18.6. The number of carbonyl (C=O) groups is 3. The molecule has 2 aliphatic rings. The van der Waals surface area contributed by atoms with Gasteiger partial charge in [-0.05, 0) is 54.4 Å². The van der Waals surface area contributed by atoms with E-state index in [-0.39, 0.29) is 17.9 Å². The van der Waals surface area contributed by atoms with Gasteiger partial charge >= 0.3 is 5.97 Å². The van der Waals surface area contributed by atoms with Crippen molar-refractivity contribution in [1.82, 2.24) is 10.3 Å². The highest BCUT2D eigenvalue weighted by molar-refractivity contribution is 9.10. The number of hydrogen-bond acceptors (Lipinski definition) is 5. The number of aromatic nitrogens is 1. The van der Waals surface area contributed by atoms with Crippen LogP contribution in [0.2, 0.25) is 5.02 Å². The summed E-state index contributed by atoms with van der Waals surface area (Å²) in [5.74, 6) is -4.89. The van der Waals surface area contributed by atoms with Crippen molar-refractivity contribution in [1.29, 1.82) is 0 Å². The normalized spacial score (nSPS) is 24.5. The number of aromatic hydroxyl groups is 1. The van der Waals surface area contributed by atoms with Gasteiger partial charge in [-0.15, -0.1) is 0 Å². The van der Waals surface area contributed by atoms with E-state index in [1.165, 1.54) is 12.1 Å². The second kappa shape index (κ2) is 9.22. The highest BCUT2D eigenvalue weighted by atomic mass is 79.9. The molecule has 3 heterocycles. The number of phenols is 1. The fourth-order valence-electron chi connectivity index (χ4n) is 6.03. The van der Waals surface area contributed by atoms with Gasteiger partial charge in [0.15, 0.2) is 0 Å². The predicted molar refractivity (Wildman–Crippen MR) is 150 cm³/mol. The molecule has 0 spiro atoms. The molecule has 0 bridgehead atoms. The summed E-state index contributed by atoms with van der Waals surface area (Å²) in [6, 6.07) is 16.2. The lowest BCUT2D eigenvalue weighted by molar-refractivity contribution is -0.148. The number of carbonyl (C=O) groups excluding carboxylic acids is 2. The minimum Gasteiger partial charge on any atom is -0.508 e. The smallest absolute Gasteiger partial charge is 0.325 e. The molecule has 0 radical (unpaired) electrons. The second-order valence-corrected chi connectivity index (χ2v) is 11.4. The van der Waals surface area contributed by atoms with E-state index in [0.29, 0.717) is 20.6 Å². The Balaban J connectivity index is 1.54. The van der Waals surface area contributed by atoms with Crippen molar-refractivity contribution in [3.8, 4) is 5.75 Å². The van der Waals surface area contributed by atoms with E-state index >= 15 is 0 Å². The molecule has 6 rings (SSSR count). The summed E-state index contributed by atoms with van der Waals surface area (Å²) < 4.78 is 0.636. The van der Waals surface area contributed by atoms with Crippen molar-refractivity contribution >= 4 is 61.9 Å². The number of aliphatic carboxylic acids is 1. The summed E-state index contributed by atoms with van der Waals surface area (Å²) in [5.41, 5.74) is 1.05. The minimum atomic E-state index is -1.84. The lowest BCUT2D eigenvalue weighted by Gasteiger charge is -2.31. The Bertz CT molecular complexity index is 1690. The van der Waals surface area contributed by atoms with Gasteiger partial charge in [0.25, 0.3) is 0 Å². The van der Waals surface area contributed by atoms with Crippen LogP contribution in [0.4, 0.5) is 5.69 Å². The first-order valence-electron chi connectivity index (χ1n) is 12.3. The number of imide groups is 1. The van der Waals surface area contributed by atoms with Gasteiger partial charge in [0.2, 0.25) is 11.8 Å². The number of H-pyrrole nitrogens is 1. The van der Waals surface area contributed by atoms with Gasteiger partial charge in [0, 0.05) is 44.6 Å². The van der Waals surface area contributed by atoms with Crippen LogP contribution in [-0.4, -0.2) is 38.5 Å². The quantitative estimate of drug-likeness (QED) is 0.234. The molecule has 4 N–H and O–H groups in total. The molecule has 10 heteroatoms. The maximum absolute atomic E-state index is 14.1. The fourth-order valence-corrected chi connectivity index (χ4v) is 6.59. The van der Waals surface area contributed by atoms with E-state index in [1.54, 1.807) is 37.4 Å². The summed E-state index contributed by atoms with van der Waals surface area (Å²) in [4.78, 5) is 45.5. The molecule has 0 saturated carbocycles. The van der Waals surface area contributed by atoms with Crippen LogP contribution in [0.25, 0.3) is 10.9 Å². The average molecular weight is 609 g/mol. The molecule has 2 saturated heterocycles. The van der Waals surface area contributed by atoms with E-state index in [0.717, 1.165) is 21.4 Å². The summed E-state index contributed by atoms with van der Waals surface area (Å²) in [6.07, 6.45) is 1.66. The number of aromatic amines is 1. The number of nitrogens with zero attached hydrogens (tertiary/aromatic N) is 1. The molecule has 1 aromatic heterocycles. The summed E-state index contributed by atoms with van der Waals surface area (Å²) in [5, 5.41) is 25.9. The average Bonchev–Trinajstić information content (AvgIpc) is 3.55. The number of rotatable bonds is 5. The number of fused-ring (bicyclic) bond motifs is 2. The van der Waals surface area contributed by atoms with Gasteiger partial charge in [0.05, 0.1) is 17.5 Å². The van der Waals surface area contributed by atoms with Gasteiger partial charge in [-0.25, -0.2) is 4.90 Å². The molecular formula is C29H23BrClN3O5. The highest BCUT2D eigenvalue weighted by Crippen LogP contribution is 2.52. The van der Waals surface area contributed by atoms with Gasteiger partial charge in [-0.3, -0.25) is 19.7 Å². The van der Waals surface area contributed by atoms with E-state index in [2.05, 4.69) is 26.2 Å². The largest absolute Gasteiger partial charge is 0.508 e. The molecule has 39 heavy (non-hydrogen) atoms. The number of aryl methyl sites for hydroxylation is 1. The number of para-hydroxylation sites is 1. The number of benzene rings is 3. The van der Waals surface area contributed by atoms with E-state index < -0.39 is 41.2 Å². The van der Waals surface area contributed by atoms with Gasteiger partial charge in [0.1, 0.15) is 11.3 Å². The zero-order chi connectivity index (χ0) is 27.6. The zero-order valence-electron chi connectivity index (χ0n) is 20.6. The number of phenolic OH excluding ortho intramolecular Hbond substituents is 1. The number of amides is 2. The Morgan fingerprint density at radius 2 is 1.87 bits per heavy atom. The third kappa shape index (κ3) is 3.87. The third-order valence-corrected chi connectivity index (χ3v) is 8.82. The van der Waals surface area contributed by atoms with Crippen molar-refractivity contribution in [2.24, 2.45) is 11.8 Å². The van der Waals surface area contributed by atoms with E-state index in [9.17, 15) is 24.6 Å². The zero-order valence-corrected chi connectivity index (χ0v) is 23.0. The fraction of sp³-hybridized carbons (Fsp3) is 0.207. The lowest BCUT2D eigenvalue weighted by Crippen LogP contribution is -2.57. The third-order valence-electron chi connectivity index (χ3n) is 7.92. The molecule has 4 unspecified atom stereocenters. The molecule has 2 aliphatic heterocycles. The highest BCUT2D eigenvalue weighted by Gasteiger charge is 2.69. The van der Waals surface area contributed by atoms with Crippen LogP contribution in [0.3, 0.4) is 0 Å². The maximum Gasteiger partial charge on any atom is 0.325 e. The Hall–Kier alpha value is -3.66. The van der Waals surface area contributed by atoms with Crippen molar-refractivity contribution in [2.45, 2.75) is 24.9 Å². The Labute approximate surface area is 236 Å². The number of carboxylic acid groups (broad SMARTS) is 1. The first-order valence-corrected chi connectivity index (χ1v) is 13.5. The molecule has 3 aromatic carbocycles. The molecule has 4 atom stereocenters. The SMILES string of the molecule is Cc1ccc(N2C(=O)C3C(c4cc(Br)ccc4O)NC(Cc4c[nH]c5ccccc45)(C(=O)O)C3C2=O)cc1Cl. The molecule has 0 aliphatic carbocycles. The number of nitrogens with one attached hydrogen (secondary N) is 2. The topological polar surface area (TPSA) is 123 Å². The number of hydrogen-bond donors (Lipinski definition) is 4. The summed E-state index contributed by atoms with van der Waals surface area (Å²) in [7, 11) is 0. The summed E-state index contributed by atoms with van der Waals surface area (Å²) in [6.45, 7) is 1.81. The van der Waals surface area contributed by atoms with E-state index in [1.807, 2.05) is 24.3 Å². The van der Waals surface area contributed by atoms with Crippen LogP contribution >= 0.6 is 27.5 Å². The minimum absolute atomic E-state index is 0.0692. The van der Waals surface area contributed by atoms with Gasteiger partial charge in [-0.2, -0.15) is 0 Å². The summed E-state index contributed by atoms with van der Waals surface area (Å²) >= 11 is 9.73. The van der Waals surface area contributed by atoms with Crippen LogP contribution in [0, 0.1) is 18.8 Å². The standard InChI is InChI=1S/C29H23BrClN3O5/c1-14-6-8-17(11-20(14)31)34-26(36)23-24(27(34)37)29(28(38)39,12-15-13-32-21-5-3-2-4-18(15)21)33-25(23)19-10-16(30)7-9-22(19)35/h2-11,13,23-25,32-33,35H,12H2,1H3,(H,38,39). The van der Waals surface area contributed by atoms with Gasteiger partial charge in [-0.1, -0.05) is 51.8 Å². The van der Waals surface area contributed by atoms with Crippen LogP contribution < -0.4 is 10.2 Å². The molecule has 2 fully saturated rings. The van der Waals surface area contributed by atoms with Crippen LogP contribution in [0.1, 0.15) is 22.7 Å². The molecular weight excluding hydrogens is 586 g/mol. The van der Waals surface area contributed by atoms with Gasteiger partial charge < -0.3 is 15.2 Å².